The lowest BCUT2D eigenvalue weighted by Crippen LogP contribution is -1.98. The monoisotopic (exact) mass is 237 g/mol. The van der Waals surface area contributed by atoms with Gasteiger partial charge < -0.3 is 11.5 Å². The highest BCUT2D eigenvalue weighted by atomic mass is 79.9. The molecule has 1 aromatic carbocycles. The van der Waals surface area contributed by atoms with Crippen molar-refractivity contribution in [3.63, 3.8) is 0 Å². The molecule has 0 aliphatic heterocycles. The lowest BCUT2D eigenvalue weighted by Gasteiger charge is -2.03. The first-order chi connectivity index (χ1) is 6.18. The molecule has 0 amide bonds. The Bertz CT molecular complexity index is 468. The SMILES string of the molecule is Nc1ncc2cc(Br)ccc2c1N. The third-order valence-corrected chi connectivity index (χ3v) is 2.42. The van der Waals surface area contributed by atoms with E-state index in [0.717, 1.165) is 15.2 Å². The summed E-state index contributed by atoms with van der Waals surface area (Å²) in [6, 6.07) is 5.81. The van der Waals surface area contributed by atoms with Crippen LogP contribution in [0.15, 0.2) is 28.9 Å². The van der Waals surface area contributed by atoms with Crippen molar-refractivity contribution in [3.05, 3.63) is 28.9 Å². The van der Waals surface area contributed by atoms with E-state index in [1.54, 1.807) is 6.20 Å². The molecule has 4 N–H and O–H groups in total. The molecular formula is C9H8BrN3. The highest BCUT2D eigenvalue weighted by Gasteiger charge is 2.02. The van der Waals surface area contributed by atoms with E-state index in [-0.39, 0.29) is 0 Å². The van der Waals surface area contributed by atoms with E-state index in [4.69, 9.17) is 11.5 Å². The summed E-state index contributed by atoms with van der Waals surface area (Å²) in [5, 5.41) is 1.93. The minimum absolute atomic E-state index is 0.384. The van der Waals surface area contributed by atoms with Gasteiger partial charge in [-0.2, -0.15) is 0 Å². The van der Waals surface area contributed by atoms with Gasteiger partial charge >= 0.3 is 0 Å². The highest BCUT2D eigenvalue weighted by molar-refractivity contribution is 9.10. The maximum Gasteiger partial charge on any atom is 0.147 e. The molecule has 0 spiro atoms. The number of fused-ring (bicyclic) bond motifs is 1. The second-order valence-electron chi connectivity index (χ2n) is 2.79. The summed E-state index contributed by atoms with van der Waals surface area (Å²) in [6.07, 6.45) is 1.71. The number of nitrogens with two attached hydrogens (primary N) is 2. The first-order valence-electron chi connectivity index (χ1n) is 3.77. The minimum atomic E-state index is 0.384. The predicted octanol–water partition coefficient (Wildman–Crippen LogP) is 2.16. The number of rotatable bonds is 0. The molecule has 0 fully saturated rings. The van der Waals surface area contributed by atoms with Gasteiger partial charge in [-0.25, -0.2) is 4.98 Å². The zero-order chi connectivity index (χ0) is 9.42. The van der Waals surface area contributed by atoms with Crippen LogP contribution in [0.1, 0.15) is 0 Å². The average Bonchev–Trinajstić information content (AvgIpc) is 2.12. The molecule has 1 aromatic heterocycles. The molecule has 0 aliphatic rings. The fourth-order valence-corrected chi connectivity index (χ4v) is 1.61. The Morgan fingerprint density at radius 2 is 2.00 bits per heavy atom. The number of anilines is 2. The van der Waals surface area contributed by atoms with E-state index in [9.17, 15) is 0 Å². The normalized spacial score (nSPS) is 10.5. The summed E-state index contributed by atoms with van der Waals surface area (Å²) in [5.74, 6) is 0.384. The van der Waals surface area contributed by atoms with Crippen molar-refractivity contribution in [3.8, 4) is 0 Å². The van der Waals surface area contributed by atoms with Crippen molar-refractivity contribution < 1.29 is 0 Å². The summed E-state index contributed by atoms with van der Waals surface area (Å²) in [7, 11) is 0. The fourth-order valence-electron chi connectivity index (χ4n) is 1.23. The average molecular weight is 238 g/mol. The Kier molecular flexibility index (Phi) is 1.84. The first kappa shape index (κ1) is 8.31. The van der Waals surface area contributed by atoms with Crippen molar-refractivity contribution in [2.45, 2.75) is 0 Å². The lowest BCUT2D eigenvalue weighted by atomic mass is 10.1. The molecule has 13 heavy (non-hydrogen) atoms. The molecule has 0 saturated carbocycles. The van der Waals surface area contributed by atoms with Crippen LogP contribution in [0, 0.1) is 0 Å². The van der Waals surface area contributed by atoms with Gasteiger partial charge in [0.15, 0.2) is 0 Å². The van der Waals surface area contributed by atoms with E-state index in [2.05, 4.69) is 20.9 Å². The molecule has 66 valence electrons. The Morgan fingerprint density at radius 1 is 1.23 bits per heavy atom. The molecule has 0 aliphatic carbocycles. The number of halogens is 1. The number of pyridine rings is 1. The van der Waals surface area contributed by atoms with Crippen LogP contribution in [0.25, 0.3) is 10.8 Å². The number of hydrogen-bond donors (Lipinski definition) is 2. The van der Waals surface area contributed by atoms with Crippen LogP contribution in [0.4, 0.5) is 11.5 Å². The van der Waals surface area contributed by atoms with Crippen LogP contribution in [-0.4, -0.2) is 4.98 Å². The van der Waals surface area contributed by atoms with E-state index in [0.29, 0.717) is 11.5 Å². The fraction of sp³-hybridized carbons (Fsp3) is 0. The summed E-state index contributed by atoms with van der Waals surface area (Å²) in [6.45, 7) is 0. The molecule has 1 heterocycles. The van der Waals surface area contributed by atoms with Gasteiger partial charge in [-0.05, 0) is 12.1 Å². The lowest BCUT2D eigenvalue weighted by molar-refractivity contribution is 1.37. The molecule has 0 radical (unpaired) electrons. The van der Waals surface area contributed by atoms with Crippen molar-refractivity contribution in [1.29, 1.82) is 0 Å². The van der Waals surface area contributed by atoms with Gasteiger partial charge in [-0.15, -0.1) is 0 Å². The molecule has 0 saturated heterocycles. The van der Waals surface area contributed by atoms with Crippen molar-refractivity contribution in [2.24, 2.45) is 0 Å². The van der Waals surface area contributed by atoms with Crippen LogP contribution >= 0.6 is 15.9 Å². The standard InChI is InChI=1S/C9H8BrN3/c10-6-1-2-7-5(3-6)4-13-9(12)8(7)11/h1-4H,11H2,(H2,12,13). The number of aromatic nitrogens is 1. The Hall–Kier alpha value is -1.29. The van der Waals surface area contributed by atoms with Gasteiger partial charge in [-0.1, -0.05) is 22.0 Å². The Morgan fingerprint density at radius 3 is 2.77 bits per heavy atom. The van der Waals surface area contributed by atoms with Gasteiger partial charge in [0.05, 0.1) is 5.69 Å². The molecule has 2 rings (SSSR count). The van der Waals surface area contributed by atoms with Crippen LogP contribution in [0.5, 0.6) is 0 Å². The smallest absolute Gasteiger partial charge is 0.147 e. The molecule has 0 unspecified atom stereocenters. The summed E-state index contributed by atoms with van der Waals surface area (Å²) in [5.41, 5.74) is 11.9. The third-order valence-electron chi connectivity index (χ3n) is 1.92. The van der Waals surface area contributed by atoms with Crippen LogP contribution in [0.2, 0.25) is 0 Å². The molecule has 4 heteroatoms. The van der Waals surface area contributed by atoms with Crippen molar-refractivity contribution in [2.75, 3.05) is 11.5 Å². The predicted molar refractivity (Wildman–Crippen MR) is 58.3 cm³/mol. The zero-order valence-corrected chi connectivity index (χ0v) is 8.38. The number of benzene rings is 1. The summed E-state index contributed by atoms with van der Waals surface area (Å²) < 4.78 is 1.01. The number of nitrogen functional groups attached to an aromatic ring is 2. The van der Waals surface area contributed by atoms with Crippen LogP contribution in [-0.2, 0) is 0 Å². The molecular weight excluding hydrogens is 230 g/mol. The van der Waals surface area contributed by atoms with Gasteiger partial charge in [0.1, 0.15) is 5.82 Å². The number of hydrogen-bond acceptors (Lipinski definition) is 3. The second-order valence-corrected chi connectivity index (χ2v) is 3.70. The van der Waals surface area contributed by atoms with E-state index >= 15 is 0 Å². The minimum Gasteiger partial charge on any atom is -0.395 e. The summed E-state index contributed by atoms with van der Waals surface area (Å²) in [4.78, 5) is 3.98. The second kappa shape index (κ2) is 2.88. The maximum atomic E-state index is 5.77. The van der Waals surface area contributed by atoms with Gasteiger partial charge in [-0.3, -0.25) is 0 Å². The molecule has 0 bridgehead atoms. The van der Waals surface area contributed by atoms with Crippen molar-refractivity contribution >= 4 is 38.2 Å². The molecule has 0 atom stereocenters. The largest absolute Gasteiger partial charge is 0.395 e. The summed E-state index contributed by atoms with van der Waals surface area (Å²) >= 11 is 3.38. The molecule has 2 aromatic rings. The third kappa shape index (κ3) is 1.33. The van der Waals surface area contributed by atoms with Gasteiger partial charge in [0.2, 0.25) is 0 Å². The topological polar surface area (TPSA) is 64.9 Å². The van der Waals surface area contributed by atoms with E-state index in [1.165, 1.54) is 0 Å². The van der Waals surface area contributed by atoms with E-state index < -0.39 is 0 Å². The van der Waals surface area contributed by atoms with Crippen LogP contribution in [0.3, 0.4) is 0 Å². The van der Waals surface area contributed by atoms with E-state index in [1.807, 2.05) is 18.2 Å². The number of nitrogens with zero attached hydrogens (tertiary/aromatic N) is 1. The highest BCUT2D eigenvalue weighted by Crippen LogP contribution is 2.26. The van der Waals surface area contributed by atoms with Gasteiger partial charge in [0, 0.05) is 21.4 Å². The van der Waals surface area contributed by atoms with Crippen molar-refractivity contribution in [1.82, 2.24) is 4.98 Å². The molecule has 3 nitrogen and oxygen atoms in total. The maximum absolute atomic E-state index is 5.77. The zero-order valence-electron chi connectivity index (χ0n) is 6.79. The first-order valence-corrected chi connectivity index (χ1v) is 4.57. The quantitative estimate of drug-likeness (QED) is 0.739. The Balaban J connectivity index is 2.87. The van der Waals surface area contributed by atoms with Gasteiger partial charge in [0.25, 0.3) is 0 Å². The van der Waals surface area contributed by atoms with Crippen LogP contribution < -0.4 is 11.5 Å². The Labute approximate surface area is 83.9 Å².